The van der Waals surface area contributed by atoms with Gasteiger partial charge >= 0.3 is 13.3 Å². The maximum Gasteiger partial charge on any atom is 0.496 e. The maximum absolute atomic E-state index is 12.4. The maximum atomic E-state index is 12.4. The number of rotatable bonds is 2. The standard InChI is InChI=1S/C13H17BF3NO3/c1-11(2)12(3,4)21-14(20-11)8-5-6-9(18-7-8)10(19)13(15,16)17/h5-7,10,19H,1-4H3. The van der Waals surface area contributed by atoms with Crippen LogP contribution in [0.5, 0.6) is 0 Å². The number of nitrogens with zero attached hydrogens (tertiary/aromatic N) is 1. The van der Waals surface area contributed by atoms with Crippen LogP contribution in [0.15, 0.2) is 18.3 Å². The SMILES string of the molecule is CC1(C)OB(c2ccc(C(O)C(F)(F)F)nc2)OC1(C)C. The Balaban J connectivity index is 2.18. The lowest BCUT2D eigenvalue weighted by atomic mass is 9.80. The number of halogens is 3. The summed E-state index contributed by atoms with van der Waals surface area (Å²) >= 11 is 0. The first-order valence-corrected chi connectivity index (χ1v) is 6.50. The molecule has 21 heavy (non-hydrogen) atoms. The molecule has 0 aliphatic carbocycles. The number of hydrogen-bond donors (Lipinski definition) is 1. The fraction of sp³-hybridized carbons (Fsp3) is 0.615. The Labute approximate surface area is 121 Å². The minimum atomic E-state index is -4.74. The van der Waals surface area contributed by atoms with E-state index in [-0.39, 0.29) is 0 Å². The lowest BCUT2D eigenvalue weighted by Gasteiger charge is -2.32. The van der Waals surface area contributed by atoms with Crippen LogP contribution in [0.4, 0.5) is 13.2 Å². The predicted octanol–water partition coefficient (Wildman–Crippen LogP) is 1.98. The Morgan fingerprint density at radius 1 is 1.14 bits per heavy atom. The quantitative estimate of drug-likeness (QED) is 0.849. The molecule has 1 fully saturated rings. The van der Waals surface area contributed by atoms with Gasteiger partial charge in [0.2, 0.25) is 0 Å². The van der Waals surface area contributed by atoms with Gasteiger partial charge in [0, 0.05) is 11.7 Å². The number of pyridine rings is 1. The Hall–Kier alpha value is -1.12. The zero-order valence-corrected chi connectivity index (χ0v) is 12.2. The highest BCUT2D eigenvalue weighted by molar-refractivity contribution is 6.62. The second kappa shape index (κ2) is 4.96. The topological polar surface area (TPSA) is 51.6 Å². The molecule has 1 unspecified atom stereocenters. The third-order valence-electron chi connectivity index (χ3n) is 3.92. The third kappa shape index (κ3) is 3.07. The smallest absolute Gasteiger partial charge is 0.399 e. The van der Waals surface area contributed by atoms with Crippen molar-refractivity contribution < 1.29 is 27.6 Å². The van der Waals surface area contributed by atoms with Crippen molar-refractivity contribution in [3.63, 3.8) is 0 Å². The minimum Gasteiger partial charge on any atom is -0.399 e. The molecule has 1 aliphatic heterocycles. The monoisotopic (exact) mass is 303 g/mol. The highest BCUT2D eigenvalue weighted by Crippen LogP contribution is 2.36. The Morgan fingerprint density at radius 3 is 2.05 bits per heavy atom. The normalized spacial score (nSPS) is 22.4. The average molecular weight is 303 g/mol. The molecule has 116 valence electrons. The van der Waals surface area contributed by atoms with Crippen LogP contribution >= 0.6 is 0 Å². The van der Waals surface area contributed by atoms with E-state index in [0.717, 1.165) is 6.07 Å². The van der Waals surface area contributed by atoms with E-state index in [1.54, 1.807) is 0 Å². The molecule has 0 aromatic carbocycles. The fourth-order valence-electron chi connectivity index (χ4n) is 1.86. The number of aliphatic hydroxyl groups excluding tert-OH is 1. The average Bonchev–Trinajstić information content (AvgIpc) is 2.57. The van der Waals surface area contributed by atoms with Crippen LogP contribution in [-0.2, 0) is 9.31 Å². The molecule has 1 aromatic rings. The Kier molecular flexibility index (Phi) is 3.84. The molecule has 0 amide bonds. The van der Waals surface area contributed by atoms with Crippen molar-refractivity contribution in [2.24, 2.45) is 0 Å². The van der Waals surface area contributed by atoms with E-state index in [1.165, 1.54) is 12.3 Å². The lowest BCUT2D eigenvalue weighted by Crippen LogP contribution is -2.41. The van der Waals surface area contributed by atoms with E-state index in [1.807, 2.05) is 27.7 Å². The van der Waals surface area contributed by atoms with Gasteiger partial charge in [-0.05, 0) is 33.8 Å². The van der Waals surface area contributed by atoms with Gasteiger partial charge in [-0.1, -0.05) is 6.07 Å². The zero-order valence-electron chi connectivity index (χ0n) is 12.2. The molecule has 0 radical (unpaired) electrons. The van der Waals surface area contributed by atoms with Crippen LogP contribution in [0.25, 0.3) is 0 Å². The van der Waals surface area contributed by atoms with Crippen molar-refractivity contribution in [2.75, 3.05) is 0 Å². The fourth-order valence-corrected chi connectivity index (χ4v) is 1.86. The van der Waals surface area contributed by atoms with Crippen LogP contribution in [0.1, 0.15) is 39.5 Å². The van der Waals surface area contributed by atoms with E-state index in [0.29, 0.717) is 5.46 Å². The second-order valence-corrected chi connectivity index (χ2v) is 6.05. The lowest BCUT2D eigenvalue weighted by molar-refractivity contribution is -0.207. The summed E-state index contributed by atoms with van der Waals surface area (Å²) in [6.45, 7) is 7.51. The van der Waals surface area contributed by atoms with Gasteiger partial charge in [0.1, 0.15) is 0 Å². The molecule has 8 heteroatoms. The summed E-state index contributed by atoms with van der Waals surface area (Å²) in [4.78, 5) is 3.66. The summed E-state index contributed by atoms with van der Waals surface area (Å²) < 4.78 is 48.7. The highest BCUT2D eigenvalue weighted by Gasteiger charge is 2.52. The van der Waals surface area contributed by atoms with Gasteiger partial charge in [0.05, 0.1) is 16.9 Å². The van der Waals surface area contributed by atoms with E-state index in [2.05, 4.69) is 4.98 Å². The first kappa shape index (κ1) is 16.3. The summed E-state index contributed by atoms with van der Waals surface area (Å²) in [6.07, 6.45) is -6.10. The first-order valence-electron chi connectivity index (χ1n) is 6.50. The molecule has 0 bridgehead atoms. The van der Waals surface area contributed by atoms with E-state index in [4.69, 9.17) is 14.4 Å². The molecule has 1 aromatic heterocycles. The minimum absolute atomic E-state index is 0.456. The largest absolute Gasteiger partial charge is 0.496 e. The molecule has 1 N–H and O–H groups in total. The van der Waals surface area contributed by atoms with Gasteiger partial charge in [0.15, 0.2) is 6.10 Å². The molecule has 2 heterocycles. The Bertz CT molecular complexity index is 500. The van der Waals surface area contributed by atoms with Crippen molar-refractivity contribution in [1.29, 1.82) is 0 Å². The molecule has 1 saturated heterocycles. The number of alkyl halides is 3. The zero-order chi connectivity index (χ0) is 16.1. The van der Waals surface area contributed by atoms with E-state index >= 15 is 0 Å². The second-order valence-electron chi connectivity index (χ2n) is 6.05. The number of aliphatic hydroxyl groups is 1. The van der Waals surface area contributed by atoms with Crippen molar-refractivity contribution in [1.82, 2.24) is 4.98 Å². The van der Waals surface area contributed by atoms with Gasteiger partial charge in [-0.15, -0.1) is 0 Å². The molecule has 2 rings (SSSR count). The van der Waals surface area contributed by atoms with Crippen molar-refractivity contribution in [3.8, 4) is 0 Å². The van der Waals surface area contributed by atoms with Gasteiger partial charge in [-0.2, -0.15) is 13.2 Å². The van der Waals surface area contributed by atoms with Crippen LogP contribution in [0.3, 0.4) is 0 Å². The van der Waals surface area contributed by atoms with Crippen molar-refractivity contribution in [2.45, 2.75) is 51.2 Å². The molecular formula is C13H17BF3NO3. The van der Waals surface area contributed by atoms with Crippen LogP contribution < -0.4 is 5.46 Å². The van der Waals surface area contributed by atoms with Crippen LogP contribution in [-0.4, -0.2) is 34.6 Å². The van der Waals surface area contributed by atoms with Crippen LogP contribution in [0.2, 0.25) is 0 Å². The summed E-state index contributed by atoms with van der Waals surface area (Å²) in [6, 6.07) is 2.54. The Morgan fingerprint density at radius 2 is 1.67 bits per heavy atom. The van der Waals surface area contributed by atoms with Gasteiger partial charge in [-0.25, -0.2) is 0 Å². The van der Waals surface area contributed by atoms with Gasteiger partial charge in [0.25, 0.3) is 0 Å². The molecule has 1 atom stereocenters. The number of aromatic nitrogens is 1. The van der Waals surface area contributed by atoms with Crippen molar-refractivity contribution >= 4 is 12.6 Å². The molecule has 4 nitrogen and oxygen atoms in total. The summed E-state index contributed by atoms with van der Waals surface area (Å²) in [7, 11) is -0.695. The van der Waals surface area contributed by atoms with E-state index < -0.39 is 36.3 Å². The molecule has 1 aliphatic rings. The van der Waals surface area contributed by atoms with Crippen LogP contribution in [0, 0.1) is 0 Å². The summed E-state index contributed by atoms with van der Waals surface area (Å²) in [5.74, 6) is 0. The molecule has 0 saturated carbocycles. The van der Waals surface area contributed by atoms with E-state index in [9.17, 15) is 13.2 Å². The van der Waals surface area contributed by atoms with Crippen molar-refractivity contribution in [3.05, 3.63) is 24.0 Å². The highest BCUT2D eigenvalue weighted by atomic mass is 19.4. The van der Waals surface area contributed by atoms with Gasteiger partial charge < -0.3 is 14.4 Å². The summed E-state index contributed by atoms with van der Waals surface area (Å²) in [5.41, 5.74) is -1.03. The predicted molar refractivity (Wildman–Crippen MR) is 71.0 cm³/mol. The molecule has 0 spiro atoms. The first-order chi connectivity index (χ1) is 9.44. The molecular weight excluding hydrogens is 286 g/mol. The third-order valence-corrected chi connectivity index (χ3v) is 3.92. The number of hydrogen-bond acceptors (Lipinski definition) is 4. The summed E-state index contributed by atoms with van der Waals surface area (Å²) in [5, 5.41) is 9.13. The van der Waals surface area contributed by atoms with Gasteiger partial charge in [-0.3, -0.25) is 4.98 Å².